The van der Waals surface area contributed by atoms with E-state index in [4.69, 9.17) is 12.2 Å². The van der Waals surface area contributed by atoms with Crippen molar-refractivity contribution in [2.45, 2.75) is 32.9 Å². The Morgan fingerprint density at radius 2 is 1.70 bits per heavy atom. The summed E-state index contributed by atoms with van der Waals surface area (Å²) in [6.45, 7) is 6.46. The minimum atomic E-state index is -0.0573. The summed E-state index contributed by atoms with van der Waals surface area (Å²) in [5.41, 5.74) is 8.04. The van der Waals surface area contributed by atoms with E-state index in [1.54, 1.807) is 0 Å². The Morgan fingerprint density at radius 1 is 0.909 bits per heavy atom. The topological polar surface area (TPSA) is 33.1 Å². The Kier molecular flexibility index (Phi) is 5.81. The highest BCUT2D eigenvalue weighted by atomic mass is 79.9. The van der Waals surface area contributed by atoms with E-state index in [9.17, 15) is 0 Å². The van der Waals surface area contributed by atoms with Crippen LogP contribution < -0.4 is 10.2 Å². The molecule has 0 bridgehead atoms. The largest absolute Gasteiger partial charge is 0.351 e. The number of aryl methyl sites for hydroxylation is 2. The maximum atomic E-state index is 5.89. The second-order valence-electron chi connectivity index (χ2n) is 8.47. The van der Waals surface area contributed by atoms with E-state index in [1.807, 2.05) is 18.3 Å². The van der Waals surface area contributed by atoms with Gasteiger partial charge in [0.2, 0.25) is 0 Å². The summed E-state index contributed by atoms with van der Waals surface area (Å²) in [5.74, 6) is 0. The van der Waals surface area contributed by atoms with E-state index in [0.717, 1.165) is 26.7 Å². The maximum absolute atomic E-state index is 5.89. The van der Waals surface area contributed by atoms with Gasteiger partial charge in [-0.3, -0.25) is 4.98 Å². The molecule has 1 fully saturated rings. The highest BCUT2D eigenvalue weighted by Crippen LogP contribution is 2.43. The van der Waals surface area contributed by atoms with Crippen LogP contribution in [0.2, 0.25) is 0 Å². The zero-order valence-electron chi connectivity index (χ0n) is 18.8. The Hall–Kier alpha value is -2.96. The van der Waals surface area contributed by atoms with Crippen LogP contribution in [0.4, 0.5) is 5.69 Å². The summed E-state index contributed by atoms with van der Waals surface area (Å²) >= 11 is 9.43. The van der Waals surface area contributed by atoms with Crippen molar-refractivity contribution < 1.29 is 0 Å². The van der Waals surface area contributed by atoms with E-state index in [2.05, 4.69) is 117 Å². The van der Waals surface area contributed by atoms with Gasteiger partial charge in [0.1, 0.15) is 0 Å². The fourth-order valence-electron chi connectivity index (χ4n) is 4.80. The molecule has 0 saturated carbocycles. The summed E-state index contributed by atoms with van der Waals surface area (Å²) in [5, 5.41) is 4.29. The Labute approximate surface area is 208 Å². The first-order valence-corrected chi connectivity index (χ1v) is 12.2. The average molecular weight is 517 g/mol. The van der Waals surface area contributed by atoms with Gasteiger partial charge < -0.3 is 14.8 Å². The summed E-state index contributed by atoms with van der Waals surface area (Å²) in [6.07, 6.45) is 1.84. The molecule has 1 saturated heterocycles. The molecule has 0 aliphatic carbocycles. The van der Waals surface area contributed by atoms with Gasteiger partial charge in [-0.1, -0.05) is 34.1 Å². The quantitative estimate of drug-likeness (QED) is 0.304. The van der Waals surface area contributed by atoms with Crippen molar-refractivity contribution >= 4 is 38.9 Å². The molecule has 0 radical (unpaired) electrons. The standard InChI is InChI=1S/C27H25BrN4S/c1-17-7-6-8-22(15-17)32-26(25(30-27(32)33)24-9-4-5-14-29-24)23-16-18(2)31(19(23)3)21-12-10-20(28)11-13-21/h4-16,25-26H,1-3H3,(H,30,33). The lowest BCUT2D eigenvalue weighted by Gasteiger charge is -2.28. The zero-order valence-corrected chi connectivity index (χ0v) is 21.2. The van der Waals surface area contributed by atoms with E-state index in [1.165, 1.54) is 22.5 Å². The molecule has 6 heteroatoms. The SMILES string of the molecule is Cc1cccc(N2C(=S)NC(c3ccccn3)C2c2cc(C)n(-c3ccc(Br)cc3)c2C)c1. The van der Waals surface area contributed by atoms with Crippen LogP contribution >= 0.6 is 28.1 Å². The third-order valence-corrected chi connectivity index (χ3v) is 7.09. The normalized spacial score (nSPS) is 17.9. The van der Waals surface area contributed by atoms with Gasteiger partial charge in [0.05, 0.1) is 17.8 Å². The molecule has 2 aromatic carbocycles. The van der Waals surface area contributed by atoms with Gasteiger partial charge in [-0.25, -0.2) is 0 Å². The lowest BCUT2D eigenvalue weighted by atomic mass is 9.96. The molecule has 2 unspecified atom stereocenters. The first-order chi connectivity index (χ1) is 15.9. The first-order valence-electron chi connectivity index (χ1n) is 11.0. The lowest BCUT2D eigenvalue weighted by Crippen LogP contribution is -2.29. The summed E-state index contributed by atoms with van der Waals surface area (Å²) in [7, 11) is 0. The molecule has 33 heavy (non-hydrogen) atoms. The number of hydrogen-bond donors (Lipinski definition) is 1. The predicted molar refractivity (Wildman–Crippen MR) is 142 cm³/mol. The summed E-state index contributed by atoms with van der Waals surface area (Å²) < 4.78 is 3.38. The molecule has 5 rings (SSSR count). The minimum absolute atomic E-state index is 0.0235. The van der Waals surface area contributed by atoms with Gasteiger partial charge in [0.15, 0.2) is 5.11 Å². The van der Waals surface area contributed by atoms with Crippen LogP contribution in [0.3, 0.4) is 0 Å². The highest BCUT2D eigenvalue weighted by molar-refractivity contribution is 9.10. The van der Waals surface area contributed by atoms with Crippen LogP contribution in [0.15, 0.2) is 83.5 Å². The smallest absolute Gasteiger partial charge is 0.174 e. The Morgan fingerprint density at radius 3 is 2.39 bits per heavy atom. The van der Waals surface area contributed by atoms with Gasteiger partial charge in [-0.15, -0.1) is 0 Å². The number of hydrogen-bond acceptors (Lipinski definition) is 2. The summed E-state index contributed by atoms with van der Waals surface area (Å²) in [4.78, 5) is 6.93. The number of thiocarbonyl (C=S) groups is 1. The molecular weight excluding hydrogens is 492 g/mol. The van der Waals surface area contributed by atoms with E-state index in [0.29, 0.717) is 0 Å². The fraction of sp³-hybridized carbons (Fsp3) is 0.185. The van der Waals surface area contributed by atoms with Crippen LogP contribution in [0, 0.1) is 20.8 Å². The number of anilines is 1. The average Bonchev–Trinajstić information content (AvgIpc) is 3.30. The first kappa shape index (κ1) is 21.9. The number of pyridine rings is 1. The number of rotatable bonds is 4. The molecule has 2 aromatic heterocycles. The third-order valence-electron chi connectivity index (χ3n) is 6.25. The molecule has 1 aliphatic heterocycles. The van der Waals surface area contributed by atoms with Crippen molar-refractivity contribution in [1.29, 1.82) is 0 Å². The predicted octanol–water partition coefficient (Wildman–Crippen LogP) is 6.74. The van der Waals surface area contributed by atoms with Crippen molar-refractivity contribution in [2.24, 2.45) is 0 Å². The van der Waals surface area contributed by atoms with Crippen molar-refractivity contribution in [2.75, 3.05) is 4.90 Å². The van der Waals surface area contributed by atoms with E-state index in [-0.39, 0.29) is 12.1 Å². The number of benzene rings is 2. The zero-order chi connectivity index (χ0) is 23.1. The highest BCUT2D eigenvalue weighted by Gasteiger charge is 2.42. The second-order valence-corrected chi connectivity index (χ2v) is 9.78. The minimum Gasteiger partial charge on any atom is -0.351 e. The molecule has 2 atom stereocenters. The fourth-order valence-corrected chi connectivity index (χ4v) is 5.41. The lowest BCUT2D eigenvalue weighted by molar-refractivity contribution is 0.565. The number of halogens is 1. The Balaban J connectivity index is 1.68. The molecule has 3 heterocycles. The number of aromatic nitrogens is 2. The van der Waals surface area contributed by atoms with Gasteiger partial charge >= 0.3 is 0 Å². The molecule has 1 aliphatic rings. The summed E-state index contributed by atoms with van der Waals surface area (Å²) in [6, 6.07) is 25.2. The van der Waals surface area contributed by atoms with Crippen LogP contribution in [0.5, 0.6) is 0 Å². The number of nitrogens with zero attached hydrogens (tertiary/aromatic N) is 3. The third kappa shape index (κ3) is 3.98. The molecule has 1 N–H and O–H groups in total. The number of nitrogens with one attached hydrogen (secondary N) is 1. The molecular formula is C27H25BrN4S. The maximum Gasteiger partial charge on any atom is 0.174 e. The molecule has 0 amide bonds. The van der Waals surface area contributed by atoms with Crippen molar-refractivity contribution in [3.05, 3.63) is 112 Å². The van der Waals surface area contributed by atoms with Crippen LogP contribution in [0.25, 0.3) is 5.69 Å². The monoisotopic (exact) mass is 516 g/mol. The van der Waals surface area contributed by atoms with E-state index < -0.39 is 0 Å². The second kappa shape index (κ2) is 8.76. The van der Waals surface area contributed by atoms with Crippen molar-refractivity contribution in [3.8, 4) is 5.69 Å². The van der Waals surface area contributed by atoms with E-state index >= 15 is 0 Å². The Bertz CT molecular complexity index is 1310. The van der Waals surface area contributed by atoms with Crippen molar-refractivity contribution in [3.63, 3.8) is 0 Å². The van der Waals surface area contributed by atoms with Crippen LogP contribution in [-0.4, -0.2) is 14.7 Å². The molecule has 0 spiro atoms. The van der Waals surface area contributed by atoms with Crippen molar-refractivity contribution in [1.82, 2.24) is 14.9 Å². The van der Waals surface area contributed by atoms with Gasteiger partial charge in [-0.05, 0) is 98.7 Å². The van der Waals surface area contributed by atoms with Gasteiger partial charge in [0, 0.05) is 33.4 Å². The van der Waals surface area contributed by atoms with Crippen LogP contribution in [0.1, 0.15) is 40.3 Å². The van der Waals surface area contributed by atoms with Gasteiger partial charge in [-0.2, -0.15) is 0 Å². The molecule has 166 valence electrons. The van der Waals surface area contributed by atoms with Gasteiger partial charge in [0.25, 0.3) is 0 Å². The van der Waals surface area contributed by atoms with Crippen LogP contribution in [-0.2, 0) is 0 Å². The molecule has 4 aromatic rings. The molecule has 4 nitrogen and oxygen atoms in total.